The summed E-state index contributed by atoms with van der Waals surface area (Å²) in [6.45, 7) is 8.06. The van der Waals surface area contributed by atoms with Crippen molar-refractivity contribution in [3.05, 3.63) is 30.0 Å². The van der Waals surface area contributed by atoms with Crippen LogP contribution >= 0.6 is 0 Å². The minimum absolute atomic E-state index is 0.561. The van der Waals surface area contributed by atoms with Crippen LogP contribution in [0.3, 0.4) is 0 Å². The molecule has 2 aromatic rings. The molecule has 0 radical (unpaired) electrons. The average Bonchev–Trinajstić information content (AvgIpc) is 2.74. The molecule has 0 saturated carbocycles. The molecular weight excluding hydrogens is 344 g/mol. The van der Waals surface area contributed by atoms with Crippen LogP contribution in [0.25, 0.3) is 0 Å². The first kappa shape index (κ1) is 19.2. The second-order valence-corrected chi connectivity index (χ2v) is 6.43. The molecule has 3 rings (SSSR count). The van der Waals surface area contributed by atoms with E-state index in [9.17, 15) is 0 Å². The Morgan fingerprint density at radius 1 is 1.07 bits per heavy atom. The summed E-state index contributed by atoms with van der Waals surface area (Å²) >= 11 is 0. The van der Waals surface area contributed by atoms with Crippen molar-refractivity contribution >= 4 is 11.8 Å². The zero-order valence-electron chi connectivity index (χ0n) is 16.3. The lowest BCUT2D eigenvalue weighted by Gasteiger charge is -2.34. The van der Waals surface area contributed by atoms with Crippen LogP contribution in [0, 0.1) is 0 Å². The van der Waals surface area contributed by atoms with E-state index in [2.05, 4.69) is 37.2 Å². The summed E-state index contributed by atoms with van der Waals surface area (Å²) in [5.41, 5.74) is 1.15. The van der Waals surface area contributed by atoms with Gasteiger partial charge in [0.25, 0.3) is 0 Å². The van der Waals surface area contributed by atoms with Crippen LogP contribution < -0.4 is 19.7 Å². The topological polar surface area (TPSA) is 75.6 Å². The molecule has 27 heavy (non-hydrogen) atoms. The molecule has 8 nitrogen and oxygen atoms in total. The Bertz CT molecular complexity index is 734. The lowest BCUT2D eigenvalue weighted by atomic mass is 10.1. The number of hydrogen-bond acceptors (Lipinski definition) is 8. The van der Waals surface area contributed by atoms with Gasteiger partial charge in [-0.1, -0.05) is 13.0 Å². The van der Waals surface area contributed by atoms with Crippen molar-refractivity contribution in [2.75, 3.05) is 63.7 Å². The van der Waals surface area contributed by atoms with Gasteiger partial charge < -0.3 is 24.6 Å². The summed E-state index contributed by atoms with van der Waals surface area (Å²) in [6, 6.07) is 5.94. The van der Waals surface area contributed by atoms with Crippen molar-refractivity contribution in [3.63, 3.8) is 0 Å². The molecule has 1 aliphatic rings. The maximum Gasteiger partial charge on any atom is 0.244 e. The first-order valence-corrected chi connectivity index (χ1v) is 9.35. The fourth-order valence-corrected chi connectivity index (χ4v) is 3.17. The van der Waals surface area contributed by atoms with E-state index in [1.54, 1.807) is 20.4 Å². The summed E-state index contributed by atoms with van der Waals surface area (Å²) < 4.78 is 10.6. The highest BCUT2D eigenvalue weighted by atomic mass is 16.5. The van der Waals surface area contributed by atoms with E-state index in [0.29, 0.717) is 12.5 Å². The van der Waals surface area contributed by atoms with Gasteiger partial charge in [-0.3, -0.25) is 0 Å². The smallest absolute Gasteiger partial charge is 0.244 e. The van der Waals surface area contributed by atoms with E-state index in [-0.39, 0.29) is 0 Å². The molecule has 0 amide bonds. The number of piperazine rings is 1. The van der Waals surface area contributed by atoms with Gasteiger partial charge in [0.05, 0.1) is 20.4 Å². The molecule has 0 atom stereocenters. The Morgan fingerprint density at radius 2 is 1.85 bits per heavy atom. The largest absolute Gasteiger partial charge is 0.493 e. The normalized spacial score (nSPS) is 14.9. The van der Waals surface area contributed by atoms with Gasteiger partial charge in [-0.05, 0) is 30.7 Å². The predicted octanol–water partition coefficient (Wildman–Crippen LogP) is 1.69. The van der Waals surface area contributed by atoms with Gasteiger partial charge in [-0.2, -0.15) is 10.1 Å². The van der Waals surface area contributed by atoms with Crippen LogP contribution in [0.1, 0.15) is 12.5 Å². The van der Waals surface area contributed by atoms with Gasteiger partial charge in [0.1, 0.15) is 0 Å². The van der Waals surface area contributed by atoms with E-state index in [1.807, 2.05) is 18.2 Å². The second kappa shape index (κ2) is 9.36. The highest BCUT2D eigenvalue weighted by Crippen LogP contribution is 2.27. The zero-order valence-corrected chi connectivity index (χ0v) is 16.3. The molecule has 0 unspecified atom stereocenters. The van der Waals surface area contributed by atoms with Crippen molar-refractivity contribution in [3.8, 4) is 11.5 Å². The van der Waals surface area contributed by atoms with Gasteiger partial charge in [-0.15, -0.1) is 5.10 Å². The SMILES string of the molecule is CCN1CCN(c2cnnc(NCCc3ccc(OC)c(OC)c3)n2)CC1. The fraction of sp³-hybridized carbons (Fsp3) is 0.526. The third-order valence-electron chi connectivity index (χ3n) is 4.83. The predicted molar refractivity (Wildman–Crippen MR) is 106 cm³/mol. The third kappa shape index (κ3) is 4.97. The standard InChI is InChI=1S/C19H28N6O2/c1-4-24-9-11-25(12-10-24)18-14-21-23-19(22-18)20-8-7-15-5-6-16(26-2)17(13-15)27-3/h5-6,13-14H,4,7-12H2,1-3H3,(H,20,22,23). The molecule has 1 aliphatic heterocycles. The third-order valence-corrected chi connectivity index (χ3v) is 4.83. The molecule has 1 aromatic heterocycles. The van der Waals surface area contributed by atoms with Crippen LogP contribution in [-0.4, -0.2) is 73.6 Å². The average molecular weight is 372 g/mol. The van der Waals surface area contributed by atoms with E-state index < -0.39 is 0 Å². The van der Waals surface area contributed by atoms with Crippen LogP contribution in [0.4, 0.5) is 11.8 Å². The van der Waals surface area contributed by atoms with E-state index in [4.69, 9.17) is 9.47 Å². The van der Waals surface area contributed by atoms with Crippen molar-refractivity contribution in [1.82, 2.24) is 20.1 Å². The molecule has 0 aliphatic carbocycles. The quantitative estimate of drug-likeness (QED) is 0.750. The zero-order chi connectivity index (χ0) is 19.1. The van der Waals surface area contributed by atoms with Crippen molar-refractivity contribution < 1.29 is 9.47 Å². The molecule has 1 fully saturated rings. The van der Waals surface area contributed by atoms with E-state index in [0.717, 1.165) is 62.0 Å². The maximum absolute atomic E-state index is 5.35. The van der Waals surface area contributed by atoms with Crippen LogP contribution in [-0.2, 0) is 6.42 Å². The number of methoxy groups -OCH3 is 2. The first-order valence-electron chi connectivity index (χ1n) is 9.35. The molecule has 1 aromatic carbocycles. The summed E-state index contributed by atoms with van der Waals surface area (Å²) in [5, 5.41) is 11.5. The van der Waals surface area contributed by atoms with E-state index in [1.165, 1.54) is 0 Å². The number of nitrogens with zero attached hydrogens (tertiary/aromatic N) is 5. The summed E-state index contributed by atoms with van der Waals surface area (Å²) in [4.78, 5) is 9.32. The Balaban J connectivity index is 1.54. The maximum atomic E-state index is 5.35. The Kier molecular flexibility index (Phi) is 6.64. The minimum atomic E-state index is 0.561. The van der Waals surface area contributed by atoms with Gasteiger partial charge in [0, 0.05) is 32.7 Å². The highest BCUT2D eigenvalue weighted by Gasteiger charge is 2.17. The van der Waals surface area contributed by atoms with Crippen molar-refractivity contribution in [1.29, 1.82) is 0 Å². The lowest BCUT2D eigenvalue weighted by Crippen LogP contribution is -2.46. The molecule has 8 heteroatoms. The summed E-state index contributed by atoms with van der Waals surface area (Å²) in [7, 11) is 3.28. The number of nitrogens with one attached hydrogen (secondary N) is 1. The van der Waals surface area contributed by atoms with Gasteiger partial charge >= 0.3 is 0 Å². The Hall–Kier alpha value is -2.61. The number of likely N-dealkylation sites (N-methyl/N-ethyl adjacent to an activating group) is 1. The van der Waals surface area contributed by atoms with Crippen LogP contribution in [0.2, 0.25) is 0 Å². The van der Waals surface area contributed by atoms with E-state index >= 15 is 0 Å². The number of ether oxygens (including phenoxy) is 2. The first-order chi connectivity index (χ1) is 13.2. The minimum Gasteiger partial charge on any atom is -0.493 e. The van der Waals surface area contributed by atoms with Crippen molar-refractivity contribution in [2.24, 2.45) is 0 Å². The molecular formula is C19H28N6O2. The van der Waals surface area contributed by atoms with Crippen LogP contribution in [0.15, 0.2) is 24.4 Å². The number of hydrogen-bond donors (Lipinski definition) is 1. The van der Waals surface area contributed by atoms with Gasteiger partial charge in [0.2, 0.25) is 5.95 Å². The molecule has 0 spiro atoms. The fourth-order valence-electron chi connectivity index (χ4n) is 3.17. The Labute approximate surface area is 160 Å². The number of aromatic nitrogens is 3. The number of benzene rings is 1. The summed E-state index contributed by atoms with van der Waals surface area (Å²) in [6.07, 6.45) is 2.56. The molecule has 146 valence electrons. The lowest BCUT2D eigenvalue weighted by molar-refractivity contribution is 0.270. The van der Waals surface area contributed by atoms with Crippen LogP contribution in [0.5, 0.6) is 11.5 Å². The molecule has 2 heterocycles. The van der Waals surface area contributed by atoms with Gasteiger partial charge in [-0.25, -0.2) is 0 Å². The highest BCUT2D eigenvalue weighted by molar-refractivity contribution is 5.43. The molecule has 0 bridgehead atoms. The molecule has 1 N–H and O–H groups in total. The molecule has 1 saturated heterocycles. The van der Waals surface area contributed by atoms with Crippen molar-refractivity contribution in [2.45, 2.75) is 13.3 Å². The Morgan fingerprint density at radius 3 is 2.56 bits per heavy atom. The van der Waals surface area contributed by atoms with Gasteiger partial charge in [0.15, 0.2) is 17.3 Å². The second-order valence-electron chi connectivity index (χ2n) is 6.43. The monoisotopic (exact) mass is 372 g/mol. The number of anilines is 2. The summed E-state index contributed by atoms with van der Waals surface area (Å²) in [5.74, 6) is 2.92. The number of rotatable bonds is 8.